The number of aryl methyl sites for hydroxylation is 1. The molecule has 0 aromatic heterocycles. The fraction of sp³-hybridized carbons (Fsp3) is 0.316. The first-order valence-corrected chi connectivity index (χ1v) is 8.26. The standard InChI is InChI=1S/C19H24N2OS/c1-13(2)22-17-11-9-16(10-12-17)21-19(23)20-15(4)18-8-6-5-7-14(18)3/h5-13,15H,1-4H3,(H2,20,21,23)/t15-/m1/s1. The van der Waals surface area contributed by atoms with Crippen molar-refractivity contribution in [2.24, 2.45) is 0 Å². The number of rotatable bonds is 5. The molecule has 0 fully saturated rings. The van der Waals surface area contributed by atoms with Crippen molar-refractivity contribution in [1.29, 1.82) is 0 Å². The molecule has 23 heavy (non-hydrogen) atoms. The lowest BCUT2D eigenvalue weighted by atomic mass is 10.0. The van der Waals surface area contributed by atoms with Gasteiger partial charge in [-0.05, 0) is 75.3 Å². The lowest BCUT2D eigenvalue weighted by Gasteiger charge is -2.19. The molecular formula is C19H24N2OS. The van der Waals surface area contributed by atoms with E-state index in [1.165, 1.54) is 11.1 Å². The zero-order valence-electron chi connectivity index (χ0n) is 14.1. The summed E-state index contributed by atoms with van der Waals surface area (Å²) in [6.45, 7) is 8.24. The predicted octanol–water partition coefficient (Wildman–Crippen LogP) is 4.83. The quantitative estimate of drug-likeness (QED) is 0.770. The Morgan fingerprint density at radius 3 is 2.26 bits per heavy atom. The Morgan fingerprint density at radius 1 is 1.00 bits per heavy atom. The highest BCUT2D eigenvalue weighted by molar-refractivity contribution is 7.80. The van der Waals surface area contributed by atoms with E-state index in [-0.39, 0.29) is 12.1 Å². The smallest absolute Gasteiger partial charge is 0.171 e. The number of hydrogen-bond donors (Lipinski definition) is 2. The maximum absolute atomic E-state index is 5.63. The summed E-state index contributed by atoms with van der Waals surface area (Å²) in [5.74, 6) is 0.859. The number of nitrogens with one attached hydrogen (secondary N) is 2. The summed E-state index contributed by atoms with van der Waals surface area (Å²) in [5, 5.41) is 7.14. The number of benzene rings is 2. The van der Waals surface area contributed by atoms with Gasteiger partial charge in [-0.15, -0.1) is 0 Å². The van der Waals surface area contributed by atoms with Crippen LogP contribution in [-0.2, 0) is 0 Å². The summed E-state index contributed by atoms with van der Waals surface area (Å²) >= 11 is 5.40. The van der Waals surface area contributed by atoms with E-state index in [1.54, 1.807) is 0 Å². The minimum absolute atomic E-state index is 0.153. The summed E-state index contributed by atoms with van der Waals surface area (Å²) in [6, 6.07) is 16.3. The van der Waals surface area contributed by atoms with Crippen molar-refractivity contribution in [2.75, 3.05) is 5.32 Å². The van der Waals surface area contributed by atoms with Gasteiger partial charge in [0.25, 0.3) is 0 Å². The Balaban J connectivity index is 1.93. The van der Waals surface area contributed by atoms with Gasteiger partial charge in [-0.2, -0.15) is 0 Å². The van der Waals surface area contributed by atoms with E-state index in [2.05, 4.69) is 36.6 Å². The summed E-state index contributed by atoms with van der Waals surface area (Å²) < 4.78 is 5.63. The van der Waals surface area contributed by atoms with Gasteiger partial charge in [0, 0.05) is 5.69 Å². The van der Waals surface area contributed by atoms with Crippen LogP contribution in [0.2, 0.25) is 0 Å². The van der Waals surface area contributed by atoms with E-state index in [0.717, 1.165) is 11.4 Å². The van der Waals surface area contributed by atoms with Gasteiger partial charge in [-0.25, -0.2) is 0 Å². The van der Waals surface area contributed by atoms with Crippen LogP contribution in [0.3, 0.4) is 0 Å². The second-order valence-electron chi connectivity index (χ2n) is 5.87. The molecule has 0 bridgehead atoms. The molecule has 122 valence electrons. The molecule has 0 saturated heterocycles. The Morgan fingerprint density at radius 2 is 1.65 bits per heavy atom. The third-order valence-corrected chi connectivity index (χ3v) is 3.71. The topological polar surface area (TPSA) is 33.3 Å². The first kappa shape index (κ1) is 17.3. The van der Waals surface area contributed by atoms with E-state index in [0.29, 0.717) is 5.11 Å². The van der Waals surface area contributed by atoms with Gasteiger partial charge >= 0.3 is 0 Å². The van der Waals surface area contributed by atoms with Crippen molar-refractivity contribution in [3.05, 3.63) is 59.7 Å². The molecule has 0 saturated carbocycles. The van der Waals surface area contributed by atoms with Crippen LogP contribution in [0, 0.1) is 6.92 Å². The van der Waals surface area contributed by atoms with Crippen LogP contribution in [0.25, 0.3) is 0 Å². The highest BCUT2D eigenvalue weighted by Crippen LogP contribution is 2.19. The molecule has 0 radical (unpaired) electrons. The van der Waals surface area contributed by atoms with E-state index >= 15 is 0 Å². The molecule has 2 rings (SSSR count). The Hall–Kier alpha value is -2.07. The molecule has 0 unspecified atom stereocenters. The van der Waals surface area contributed by atoms with Crippen LogP contribution in [-0.4, -0.2) is 11.2 Å². The number of thiocarbonyl (C=S) groups is 1. The van der Waals surface area contributed by atoms with Crippen LogP contribution in [0.1, 0.15) is 37.9 Å². The second kappa shape index (κ2) is 7.97. The zero-order valence-corrected chi connectivity index (χ0v) is 14.9. The molecular weight excluding hydrogens is 304 g/mol. The van der Waals surface area contributed by atoms with Crippen LogP contribution >= 0.6 is 12.2 Å². The normalized spacial score (nSPS) is 11.9. The van der Waals surface area contributed by atoms with E-state index in [4.69, 9.17) is 17.0 Å². The van der Waals surface area contributed by atoms with E-state index in [1.807, 2.05) is 50.2 Å². The lowest BCUT2D eigenvalue weighted by Crippen LogP contribution is -2.31. The van der Waals surface area contributed by atoms with Gasteiger partial charge in [0.2, 0.25) is 0 Å². The second-order valence-corrected chi connectivity index (χ2v) is 6.28. The molecule has 2 N–H and O–H groups in total. The summed E-state index contributed by atoms with van der Waals surface area (Å²) in [4.78, 5) is 0. The average molecular weight is 328 g/mol. The van der Waals surface area contributed by atoms with Crippen molar-refractivity contribution in [3.8, 4) is 5.75 Å². The fourth-order valence-electron chi connectivity index (χ4n) is 2.40. The summed E-state index contributed by atoms with van der Waals surface area (Å²) in [6.07, 6.45) is 0.173. The SMILES string of the molecule is Cc1ccccc1[C@@H](C)NC(=S)Nc1ccc(OC(C)C)cc1. The molecule has 0 spiro atoms. The van der Waals surface area contributed by atoms with Gasteiger partial charge in [0.05, 0.1) is 12.1 Å². The number of anilines is 1. The Bertz CT molecular complexity index is 653. The third-order valence-electron chi connectivity index (χ3n) is 3.49. The van der Waals surface area contributed by atoms with Crippen molar-refractivity contribution >= 4 is 23.0 Å². The van der Waals surface area contributed by atoms with Crippen LogP contribution in [0.5, 0.6) is 5.75 Å². The number of hydrogen-bond acceptors (Lipinski definition) is 2. The zero-order chi connectivity index (χ0) is 16.8. The van der Waals surface area contributed by atoms with Crippen LogP contribution in [0.4, 0.5) is 5.69 Å². The predicted molar refractivity (Wildman–Crippen MR) is 101 cm³/mol. The highest BCUT2D eigenvalue weighted by atomic mass is 32.1. The van der Waals surface area contributed by atoms with Crippen molar-refractivity contribution in [1.82, 2.24) is 5.32 Å². The molecule has 0 heterocycles. The summed E-state index contributed by atoms with van der Waals surface area (Å²) in [5.41, 5.74) is 3.44. The number of ether oxygens (including phenoxy) is 1. The van der Waals surface area contributed by atoms with Gasteiger partial charge in [0.15, 0.2) is 5.11 Å². The molecule has 0 aliphatic carbocycles. The largest absolute Gasteiger partial charge is 0.491 e. The maximum atomic E-state index is 5.63. The van der Waals surface area contributed by atoms with Crippen molar-refractivity contribution < 1.29 is 4.74 Å². The third kappa shape index (κ3) is 5.25. The Kier molecular flexibility index (Phi) is 5.99. The molecule has 2 aromatic carbocycles. The molecule has 4 heteroatoms. The van der Waals surface area contributed by atoms with Gasteiger partial charge in [-0.1, -0.05) is 24.3 Å². The van der Waals surface area contributed by atoms with E-state index < -0.39 is 0 Å². The lowest BCUT2D eigenvalue weighted by molar-refractivity contribution is 0.242. The molecule has 0 aliphatic heterocycles. The van der Waals surface area contributed by atoms with Gasteiger partial charge in [-0.3, -0.25) is 0 Å². The molecule has 1 atom stereocenters. The molecule has 2 aromatic rings. The average Bonchev–Trinajstić information content (AvgIpc) is 2.49. The maximum Gasteiger partial charge on any atom is 0.171 e. The first-order valence-electron chi connectivity index (χ1n) is 7.85. The monoisotopic (exact) mass is 328 g/mol. The highest BCUT2D eigenvalue weighted by Gasteiger charge is 2.09. The van der Waals surface area contributed by atoms with Crippen molar-refractivity contribution in [3.63, 3.8) is 0 Å². The fourth-order valence-corrected chi connectivity index (χ4v) is 2.70. The summed E-state index contributed by atoms with van der Waals surface area (Å²) in [7, 11) is 0. The van der Waals surface area contributed by atoms with E-state index in [9.17, 15) is 0 Å². The Labute approximate surface area is 144 Å². The van der Waals surface area contributed by atoms with Gasteiger partial charge in [0.1, 0.15) is 5.75 Å². The van der Waals surface area contributed by atoms with Crippen LogP contribution < -0.4 is 15.4 Å². The molecule has 3 nitrogen and oxygen atoms in total. The molecule has 0 amide bonds. The van der Waals surface area contributed by atoms with Crippen LogP contribution in [0.15, 0.2) is 48.5 Å². The molecule has 0 aliphatic rings. The first-order chi connectivity index (χ1) is 11.0. The minimum Gasteiger partial charge on any atom is -0.491 e. The van der Waals surface area contributed by atoms with Gasteiger partial charge < -0.3 is 15.4 Å². The minimum atomic E-state index is 0.153. The van der Waals surface area contributed by atoms with Crippen molar-refractivity contribution in [2.45, 2.75) is 39.8 Å².